The maximum absolute atomic E-state index is 12.1. The molecule has 1 N–H and O–H groups in total. The molecular weight excluding hydrogens is 266 g/mol. The van der Waals surface area contributed by atoms with Gasteiger partial charge in [0.2, 0.25) is 0 Å². The number of carbonyl (C=O) groups excluding carboxylic acids is 1. The summed E-state index contributed by atoms with van der Waals surface area (Å²) in [6, 6.07) is 7.40. The van der Waals surface area contributed by atoms with Crippen molar-refractivity contribution in [2.75, 3.05) is 19.6 Å². The average molecular weight is 285 g/mol. The second-order valence-corrected chi connectivity index (χ2v) is 5.22. The molecule has 1 amide bonds. The molecule has 5 nitrogen and oxygen atoms in total. The molecule has 2 aromatic rings. The first-order valence-electron chi connectivity index (χ1n) is 7.30. The molecule has 0 radical (unpaired) electrons. The molecule has 1 aliphatic heterocycles. The van der Waals surface area contributed by atoms with Crippen molar-refractivity contribution in [1.82, 2.24) is 15.2 Å². The number of amides is 1. The van der Waals surface area contributed by atoms with Gasteiger partial charge in [0.25, 0.3) is 5.91 Å². The molecule has 1 aliphatic rings. The van der Waals surface area contributed by atoms with Crippen LogP contribution >= 0.6 is 0 Å². The third-order valence-corrected chi connectivity index (χ3v) is 3.85. The molecule has 2 aromatic heterocycles. The summed E-state index contributed by atoms with van der Waals surface area (Å²) < 4.78 is 5.54. The number of carbonyl (C=O) groups is 1. The van der Waals surface area contributed by atoms with Crippen LogP contribution in [-0.2, 0) is 0 Å². The molecule has 0 bridgehead atoms. The molecule has 0 aromatic carbocycles. The first-order chi connectivity index (χ1) is 10.3. The quantitative estimate of drug-likeness (QED) is 0.915. The number of pyridine rings is 1. The van der Waals surface area contributed by atoms with Crippen molar-refractivity contribution < 1.29 is 9.21 Å². The Labute approximate surface area is 124 Å². The lowest BCUT2D eigenvalue weighted by Crippen LogP contribution is -2.36. The van der Waals surface area contributed by atoms with E-state index in [9.17, 15) is 4.79 Å². The molecule has 21 heavy (non-hydrogen) atoms. The van der Waals surface area contributed by atoms with Gasteiger partial charge in [-0.1, -0.05) is 0 Å². The van der Waals surface area contributed by atoms with Crippen LogP contribution in [0.5, 0.6) is 0 Å². The van der Waals surface area contributed by atoms with Crippen LogP contribution in [0, 0.1) is 0 Å². The first-order valence-corrected chi connectivity index (χ1v) is 7.30. The predicted octanol–water partition coefficient (Wildman–Crippen LogP) is 2.24. The van der Waals surface area contributed by atoms with E-state index in [0.717, 1.165) is 18.8 Å². The maximum Gasteiger partial charge on any atom is 0.251 e. The van der Waals surface area contributed by atoms with E-state index >= 15 is 0 Å². The predicted molar refractivity (Wildman–Crippen MR) is 78.8 cm³/mol. The first kappa shape index (κ1) is 13.8. The molecule has 110 valence electrons. The molecule has 1 fully saturated rings. The number of rotatable bonds is 5. The number of nitrogens with one attached hydrogen (secondary N) is 1. The van der Waals surface area contributed by atoms with E-state index in [4.69, 9.17) is 4.42 Å². The molecule has 3 rings (SSSR count). The van der Waals surface area contributed by atoms with Crippen molar-refractivity contribution in [3.8, 4) is 0 Å². The fourth-order valence-corrected chi connectivity index (χ4v) is 2.74. The normalized spacial score (nSPS) is 16.8. The minimum atomic E-state index is -0.0758. The smallest absolute Gasteiger partial charge is 0.251 e. The molecule has 1 atom stereocenters. The van der Waals surface area contributed by atoms with Crippen molar-refractivity contribution in [3.63, 3.8) is 0 Å². The van der Waals surface area contributed by atoms with Gasteiger partial charge in [0.1, 0.15) is 5.76 Å². The van der Waals surface area contributed by atoms with Gasteiger partial charge in [0, 0.05) is 24.5 Å². The Morgan fingerprint density at radius 1 is 1.29 bits per heavy atom. The minimum Gasteiger partial charge on any atom is -0.468 e. The Morgan fingerprint density at radius 3 is 2.71 bits per heavy atom. The Bertz CT molecular complexity index is 562. The number of likely N-dealkylation sites (tertiary alicyclic amines) is 1. The monoisotopic (exact) mass is 285 g/mol. The van der Waals surface area contributed by atoms with Crippen molar-refractivity contribution in [2.45, 2.75) is 18.9 Å². The zero-order valence-electron chi connectivity index (χ0n) is 11.9. The number of nitrogens with zero attached hydrogens (tertiary/aromatic N) is 2. The minimum absolute atomic E-state index is 0.0758. The lowest BCUT2D eigenvalue weighted by atomic mass is 10.2. The highest BCUT2D eigenvalue weighted by atomic mass is 16.3. The Kier molecular flexibility index (Phi) is 4.31. The summed E-state index contributed by atoms with van der Waals surface area (Å²) in [4.78, 5) is 18.4. The number of hydrogen-bond acceptors (Lipinski definition) is 4. The second kappa shape index (κ2) is 6.54. The molecular formula is C16H19N3O2. The molecule has 0 saturated carbocycles. The van der Waals surface area contributed by atoms with Gasteiger partial charge in [-0.25, -0.2) is 0 Å². The van der Waals surface area contributed by atoms with Gasteiger partial charge in [-0.2, -0.15) is 0 Å². The average Bonchev–Trinajstić information content (AvgIpc) is 3.22. The van der Waals surface area contributed by atoms with Crippen molar-refractivity contribution in [2.24, 2.45) is 0 Å². The molecule has 0 spiro atoms. The summed E-state index contributed by atoms with van der Waals surface area (Å²) >= 11 is 0. The Morgan fingerprint density at radius 2 is 2.05 bits per heavy atom. The van der Waals surface area contributed by atoms with Gasteiger partial charge < -0.3 is 9.73 Å². The van der Waals surface area contributed by atoms with Crippen LogP contribution in [0.2, 0.25) is 0 Å². The van der Waals surface area contributed by atoms with Crippen LogP contribution in [0.1, 0.15) is 35.0 Å². The van der Waals surface area contributed by atoms with E-state index in [1.165, 1.54) is 12.8 Å². The highest BCUT2D eigenvalue weighted by Crippen LogP contribution is 2.24. The van der Waals surface area contributed by atoms with Crippen LogP contribution < -0.4 is 5.32 Å². The van der Waals surface area contributed by atoms with E-state index < -0.39 is 0 Å². The lowest BCUT2D eigenvalue weighted by molar-refractivity contribution is 0.0933. The van der Waals surface area contributed by atoms with Gasteiger partial charge in [0.15, 0.2) is 0 Å². The standard InChI is InChI=1S/C16H19N3O2/c20-16(13-5-7-17-8-6-13)18-12-14(15-4-3-11-21-15)19-9-1-2-10-19/h3-8,11,14H,1-2,9-10,12H2,(H,18,20). The van der Waals surface area contributed by atoms with Crippen LogP contribution in [-0.4, -0.2) is 35.4 Å². The maximum atomic E-state index is 12.1. The van der Waals surface area contributed by atoms with E-state index in [2.05, 4.69) is 15.2 Å². The van der Waals surface area contributed by atoms with E-state index in [1.54, 1.807) is 30.8 Å². The van der Waals surface area contributed by atoms with Crippen molar-refractivity contribution in [3.05, 3.63) is 54.2 Å². The second-order valence-electron chi connectivity index (χ2n) is 5.22. The fourth-order valence-electron chi connectivity index (χ4n) is 2.74. The topological polar surface area (TPSA) is 58.4 Å². The van der Waals surface area contributed by atoms with Gasteiger partial charge >= 0.3 is 0 Å². The Hall–Kier alpha value is -2.14. The summed E-state index contributed by atoms with van der Waals surface area (Å²) in [6.45, 7) is 2.65. The third kappa shape index (κ3) is 3.31. The van der Waals surface area contributed by atoms with Crippen LogP contribution in [0.3, 0.4) is 0 Å². The summed E-state index contributed by atoms with van der Waals surface area (Å²) in [5.41, 5.74) is 0.629. The van der Waals surface area contributed by atoms with Gasteiger partial charge in [0.05, 0.1) is 12.3 Å². The van der Waals surface area contributed by atoms with Crippen molar-refractivity contribution in [1.29, 1.82) is 0 Å². The zero-order chi connectivity index (χ0) is 14.5. The fraction of sp³-hybridized carbons (Fsp3) is 0.375. The van der Waals surface area contributed by atoms with Crippen LogP contribution in [0.15, 0.2) is 47.3 Å². The van der Waals surface area contributed by atoms with Gasteiger partial charge in [-0.3, -0.25) is 14.7 Å². The highest BCUT2D eigenvalue weighted by Gasteiger charge is 2.25. The molecule has 0 aliphatic carbocycles. The van der Waals surface area contributed by atoms with E-state index in [0.29, 0.717) is 12.1 Å². The van der Waals surface area contributed by atoms with Crippen LogP contribution in [0.4, 0.5) is 0 Å². The summed E-state index contributed by atoms with van der Waals surface area (Å²) in [5.74, 6) is 0.833. The molecule has 5 heteroatoms. The summed E-state index contributed by atoms with van der Waals surface area (Å²) in [7, 11) is 0. The highest BCUT2D eigenvalue weighted by molar-refractivity contribution is 5.93. The third-order valence-electron chi connectivity index (χ3n) is 3.85. The van der Waals surface area contributed by atoms with Crippen molar-refractivity contribution >= 4 is 5.91 Å². The van der Waals surface area contributed by atoms with Gasteiger partial charge in [-0.15, -0.1) is 0 Å². The van der Waals surface area contributed by atoms with E-state index in [-0.39, 0.29) is 11.9 Å². The molecule has 3 heterocycles. The number of furan rings is 1. The zero-order valence-corrected chi connectivity index (χ0v) is 11.9. The van der Waals surface area contributed by atoms with Gasteiger partial charge in [-0.05, 0) is 50.2 Å². The molecule has 1 saturated heterocycles. The SMILES string of the molecule is O=C(NCC(c1ccco1)N1CCCC1)c1ccncc1. The molecule has 1 unspecified atom stereocenters. The number of aromatic nitrogens is 1. The van der Waals surface area contributed by atoms with Crippen LogP contribution in [0.25, 0.3) is 0 Å². The Balaban J connectivity index is 1.66. The largest absolute Gasteiger partial charge is 0.468 e. The number of hydrogen-bond donors (Lipinski definition) is 1. The van der Waals surface area contributed by atoms with E-state index in [1.807, 2.05) is 12.1 Å². The summed E-state index contributed by atoms with van der Waals surface area (Å²) in [5, 5.41) is 3.00. The lowest BCUT2D eigenvalue weighted by Gasteiger charge is -2.26. The summed E-state index contributed by atoms with van der Waals surface area (Å²) in [6.07, 6.45) is 7.34.